The molecule has 1 aliphatic carbocycles. The summed E-state index contributed by atoms with van der Waals surface area (Å²) in [6.07, 6.45) is 2.44. The third-order valence-corrected chi connectivity index (χ3v) is 6.61. The average Bonchev–Trinajstić information content (AvgIpc) is 3.58. The lowest BCUT2D eigenvalue weighted by Gasteiger charge is -2.28. The molecule has 1 saturated carbocycles. The minimum atomic E-state index is -0.433. The van der Waals surface area contributed by atoms with Crippen molar-refractivity contribution in [2.24, 2.45) is 11.3 Å². The molecule has 0 unspecified atom stereocenters. The standard InChI is InChI=1S/C26H33NO5/c1-26(18-28)17-27(25(29)16-31-14-19-6-4-3-5-7-19)13-22(26)21-10-11-23(30-2)24(12-21)32-15-20-8-9-20/h3-7,10-12,20,22,28H,8-9,13-18H2,1-2H3/t22-,26-/m0/s1. The van der Waals surface area contributed by atoms with Crippen LogP contribution in [0.2, 0.25) is 0 Å². The third-order valence-electron chi connectivity index (χ3n) is 6.61. The lowest BCUT2D eigenvalue weighted by molar-refractivity contribution is -0.136. The van der Waals surface area contributed by atoms with Crippen LogP contribution in [0.5, 0.6) is 11.5 Å². The summed E-state index contributed by atoms with van der Waals surface area (Å²) in [7, 11) is 1.64. The second kappa shape index (κ2) is 9.92. The predicted molar refractivity (Wildman–Crippen MR) is 122 cm³/mol. The van der Waals surface area contributed by atoms with Crippen LogP contribution < -0.4 is 9.47 Å². The topological polar surface area (TPSA) is 68.2 Å². The van der Waals surface area contributed by atoms with Crippen molar-refractivity contribution >= 4 is 5.91 Å². The summed E-state index contributed by atoms with van der Waals surface area (Å²) >= 11 is 0. The number of carbonyl (C=O) groups excluding carboxylic acids is 1. The van der Waals surface area contributed by atoms with Crippen LogP contribution in [-0.2, 0) is 16.1 Å². The lowest BCUT2D eigenvalue weighted by Crippen LogP contribution is -2.35. The summed E-state index contributed by atoms with van der Waals surface area (Å²) in [4.78, 5) is 14.6. The number of aliphatic hydroxyl groups excluding tert-OH is 1. The van der Waals surface area contributed by atoms with Gasteiger partial charge in [-0.3, -0.25) is 4.79 Å². The molecule has 2 aliphatic rings. The van der Waals surface area contributed by atoms with E-state index in [4.69, 9.17) is 14.2 Å². The highest BCUT2D eigenvalue weighted by Gasteiger charge is 2.45. The van der Waals surface area contributed by atoms with Gasteiger partial charge in [0, 0.05) is 24.4 Å². The Balaban J connectivity index is 1.42. The maximum absolute atomic E-state index is 12.8. The van der Waals surface area contributed by atoms with E-state index < -0.39 is 5.41 Å². The molecule has 1 amide bonds. The van der Waals surface area contributed by atoms with Gasteiger partial charge in [-0.05, 0) is 42.0 Å². The van der Waals surface area contributed by atoms with Crippen molar-refractivity contribution in [1.82, 2.24) is 4.90 Å². The number of ether oxygens (including phenoxy) is 3. The van der Waals surface area contributed by atoms with Crippen molar-refractivity contribution in [2.75, 3.05) is 40.0 Å². The maximum Gasteiger partial charge on any atom is 0.248 e. The number of hydrogen-bond acceptors (Lipinski definition) is 5. The summed E-state index contributed by atoms with van der Waals surface area (Å²) in [5, 5.41) is 10.2. The summed E-state index contributed by atoms with van der Waals surface area (Å²) in [6.45, 7) is 4.19. The molecule has 0 spiro atoms. The normalized spacial score (nSPS) is 22.7. The average molecular weight is 440 g/mol. The molecule has 1 saturated heterocycles. The van der Waals surface area contributed by atoms with E-state index >= 15 is 0 Å². The Labute approximate surface area is 190 Å². The molecule has 1 heterocycles. The number of likely N-dealkylation sites (tertiary alicyclic amines) is 1. The molecule has 2 atom stereocenters. The number of rotatable bonds is 10. The van der Waals surface area contributed by atoms with Crippen molar-refractivity contribution < 1.29 is 24.1 Å². The van der Waals surface area contributed by atoms with Crippen LogP contribution in [0.3, 0.4) is 0 Å². The van der Waals surface area contributed by atoms with Gasteiger partial charge in [-0.25, -0.2) is 0 Å². The van der Waals surface area contributed by atoms with E-state index in [-0.39, 0.29) is 25.0 Å². The summed E-state index contributed by atoms with van der Waals surface area (Å²) in [5.41, 5.74) is 1.66. The van der Waals surface area contributed by atoms with Crippen LogP contribution in [0.4, 0.5) is 0 Å². The molecule has 32 heavy (non-hydrogen) atoms. The van der Waals surface area contributed by atoms with Crippen LogP contribution in [0, 0.1) is 11.3 Å². The highest BCUT2D eigenvalue weighted by molar-refractivity contribution is 5.78. The van der Waals surface area contributed by atoms with Crippen molar-refractivity contribution in [3.63, 3.8) is 0 Å². The molecule has 2 fully saturated rings. The van der Waals surface area contributed by atoms with Gasteiger partial charge in [-0.2, -0.15) is 0 Å². The fraction of sp³-hybridized carbons (Fsp3) is 0.500. The number of carbonyl (C=O) groups is 1. The molecule has 172 valence electrons. The zero-order chi connectivity index (χ0) is 22.6. The Bertz CT molecular complexity index is 914. The van der Waals surface area contributed by atoms with E-state index in [9.17, 15) is 9.90 Å². The Morgan fingerprint density at radius 1 is 1.16 bits per heavy atom. The zero-order valence-corrected chi connectivity index (χ0v) is 19.0. The SMILES string of the molecule is COc1ccc([C@@H]2CN(C(=O)COCc3ccccc3)C[C@@]2(C)CO)cc1OCC1CC1. The third kappa shape index (κ3) is 5.25. The highest BCUT2D eigenvalue weighted by Crippen LogP contribution is 2.44. The molecule has 2 aromatic carbocycles. The molecule has 0 aromatic heterocycles. The molecular weight excluding hydrogens is 406 g/mol. The van der Waals surface area contributed by atoms with E-state index in [1.165, 1.54) is 12.8 Å². The Hall–Kier alpha value is -2.57. The molecular formula is C26H33NO5. The first-order valence-electron chi connectivity index (χ1n) is 11.3. The van der Waals surface area contributed by atoms with Gasteiger partial charge in [0.05, 0.1) is 26.9 Å². The van der Waals surface area contributed by atoms with E-state index in [0.717, 1.165) is 16.9 Å². The first-order valence-corrected chi connectivity index (χ1v) is 11.3. The van der Waals surface area contributed by atoms with Crippen molar-refractivity contribution in [2.45, 2.75) is 32.3 Å². The van der Waals surface area contributed by atoms with E-state index in [1.54, 1.807) is 12.0 Å². The van der Waals surface area contributed by atoms with Gasteiger partial charge < -0.3 is 24.2 Å². The van der Waals surface area contributed by atoms with Gasteiger partial charge >= 0.3 is 0 Å². The second-order valence-corrected chi connectivity index (χ2v) is 9.28. The second-order valence-electron chi connectivity index (χ2n) is 9.28. The van der Waals surface area contributed by atoms with Gasteiger partial charge in [0.1, 0.15) is 6.61 Å². The Kier molecular flexibility index (Phi) is 7.01. The molecule has 1 aliphatic heterocycles. The molecule has 0 radical (unpaired) electrons. The molecule has 1 N–H and O–H groups in total. The Morgan fingerprint density at radius 3 is 2.62 bits per heavy atom. The van der Waals surface area contributed by atoms with Gasteiger partial charge in [0.25, 0.3) is 0 Å². The molecule has 2 aromatic rings. The van der Waals surface area contributed by atoms with E-state index in [0.29, 0.717) is 38.0 Å². The van der Waals surface area contributed by atoms with Crippen molar-refractivity contribution in [3.8, 4) is 11.5 Å². The number of methoxy groups -OCH3 is 1. The van der Waals surface area contributed by atoms with Crippen LogP contribution in [0.1, 0.15) is 36.8 Å². The van der Waals surface area contributed by atoms with Crippen LogP contribution >= 0.6 is 0 Å². The van der Waals surface area contributed by atoms with E-state index in [1.807, 2.05) is 55.5 Å². The van der Waals surface area contributed by atoms with Gasteiger partial charge in [0.15, 0.2) is 11.5 Å². The lowest BCUT2D eigenvalue weighted by atomic mass is 9.76. The van der Waals surface area contributed by atoms with Crippen molar-refractivity contribution in [3.05, 3.63) is 59.7 Å². The van der Waals surface area contributed by atoms with Gasteiger partial charge in [0.2, 0.25) is 5.91 Å². The number of nitrogens with zero attached hydrogens (tertiary/aromatic N) is 1. The summed E-state index contributed by atoms with van der Waals surface area (Å²) in [6, 6.07) is 15.8. The van der Waals surface area contributed by atoms with Crippen LogP contribution in [-0.4, -0.2) is 55.9 Å². The first kappa shape index (κ1) is 22.6. The minimum absolute atomic E-state index is 0.000227. The number of benzene rings is 2. The number of hydrogen-bond donors (Lipinski definition) is 1. The smallest absolute Gasteiger partial charge is 0.248 e. The molecule has 6 nitrogen and oxygen atoms in total. The first-order chi connectivity index (χ1) is 15.5. The fourth-order valence-corrected chi connectivity index (χ4v) is 4.35. The van der Waals surface area contributed by atoms with E-state index in [2.05, 4.69) is 0 Å². The monoisotopic (exact) mass is 439 g/mol. The van der Waals surface area contributed by atoms with Gasteiger partial charge in [-0.15, -0.1) is 0 Å². The van der Waals surface area contributed by atoms with Crippen molar-refractivity contribution in [1.29, 1.82) is 0 Å². The zero-order valence-electron chi connectivity index (χ0n) is 19.0. The quantitative estimate of drug-likeness (QED) is 0.612. The van der Waals surface area contributed by atoms with Crippen LogP contribution in [0.25, 0.3) is 0 Å². The molecule has 4 rings (SSSR count). The maximum atomic E-state index is 12.8. The minimum Gasteiger partial charge on any atom is -0.493 e. The number of aliphatic hydroxyl groups is 1. The number of amides is 1. The Morgan fingerprint density at radius 2 is 1.94 bits per heavy atom. The fourth-order valence-electron chi connectivity index (χ4n) is 4.35. The summed E-state index contributed by atoms with van der Waals surface area (Å²) in [5.74, 6) is 2.02. The van der Waals surface area contributed by atoms with Crippen LogP contribution in [0.15, 0.2) is 48.5 Å². The largest absolute Gasteiger partial charge is 0.493 e. The molecule has 0 bridgehead atoms. The van der Waals surface area contributed by atoms with Gasteiger partial charge in [-0.1, -0.05) is 43.3 Å². The highest BCUT2D eigenvalue weighted by atomic mass is 16.5. The predicted octanol–water partition coefficient (Wildman–Crippen LogP) is 3.63. The molecule has 6 heteroatoms. The summed E-state index contributed by atoms with van der Waals surface area (Å²) < 4.78 is 17.2.